The summed E-state index contributed by atoms with van der Waals surface area (Å²) in [6.45, 7) is 0. The van der Waals surface area contributed by atoms with Crippen LogP contribution in [0.4, 0.5) is 18.9 Å². The van der Waals surface area contributed by atoms with E-state index in [2.05, 4.69) is 21.2 Å². The van der Waals surface area contributed by atoms with Gasteiger partial charge in [-0.25, -0.2) is 0 Å². The summed E-state index contributed by atoms with van der Waals surface area (Å²) in [5.74, 6) is -0.522. The number of hydrogen-bond acceptors (Lipinski definition) is 1. The molecule has 21 heavy (non-hydrogen) atoms. The van der Waals surface area contributed by atoms with Crippen molar-refractivity contribution in [2.24, 2.45) is 0 Å². The van der Waals surface area contributed by atoms with Gasteiger partial charge in [0.15, 0.2) is 0 Å². The van der Waals surface area contributed by atoms with Gasteiger partial charge in [-0.05, 0) is 52.3 Å². The van der Waals surface area contributed by atoms with Crippen LogP contribution in [0.25, 0.3) is 0 Å². The number of carbonyl (C=O) groups excluding carboxylic acids is 1. The summed E-state index contributed by atoms with van der Waals surface area (Å²) in [7, 11) is 0. The van der Waals surface area contributed by atoms with Gasteiger partial charge in [0.05, 0.1) is 20.7 Å². The van der Waals surface area contributed by atoms with Gasteiger partial charge in [0.1, 0.15) is 0 Å². The van der Waals surface area contributed by atoms with Gasteiger partial charge in [-0.3, -0.25) is 4.79 Å². The highest BCUT2D eigenvalue weighted by molar-refractivity contribution is 9.10. The zero-order valence-electron chi connectivity index (χ0n) is 10.3. The molecule has 0 fully saturated rings. The van der Waals surface area contributed by atoms with Gasteiger partial charge in [-0.2, -0.15) is 13.2 Å². The largest absolute Gasteiger partial charge is 0.416 e. The molecule has 0 saturated heterocycles. The van der Waals surface area contributed by atoms with E-state index >= 15 is 0 Å². The van der Waals surface area contributed by atoms with Crippen LogP contribution in [0.1, 0.15) is 15.9 Å². The molecule has 0 aliphatic carbocycles. The molecule has 0 saturated carbocycles. The van der Waals surface area contributed by atoms with Gasteiger partial charge >= 0.3 is 6.18 Å². The lowest BCUT2D eigenvalue weighted by Crippen LogP contribution is -2.13. The Kier molecular flexibility index (Phi) is 4.58. The molecule has 0 heterocycles. The van der Waals surface area contributed by atoms with Gasteiger partial charge in [-0.15, -0.1) is 0 Å². The third kappa shape index (κ3) is 3.77. The van der Waals surface area contributed by atoms with Crippen LogP contribution in [0.15, 0.2) is 46.9 Å². The second kappa shape index (κ2) is 6.07. The minimum Gasteiger partial charge on any atom is -0.321 e. The topological polar surface area (TPSA) is 29.1 Å². The first-order valence-corrected chi connectivity index (χ1v) is 6.89. The molecule has 2 aromatic rings. The first-order valence-electron chi connectivity index (χ1n) is 5.71. The summed E-state index contributed by atoms with van der Waals surface area (Å²) < 4.78 is 37.8. The van der Waals surface area contributed by atoms with E-state index in [0.717, 1.165) is 24.3 Å². The maximum Gasteiger partial charge on any atom is 0.416 e. The maximum absolute atomic E-state index is 12.4. The summed E-state index contributed by atoms with van der Waals surface area (Å²) >= 11 is 9.11. The lowest BCUT2D eigenvalue weighted by Gasteiger charge is -2.10. The summed E-state index contributed by atoms with van der Waals surface area (Å²) in [4.78, 5) is 12.0. The minimum atomic E-state index is -4.43. The van der Waals surface area contributed by atoms with Crippen LogP contribution in [0.2, 0.25) is 5.02 Å². The lowest BCUT2D eigenvalue weighted by atomic mass is 10.1. The fourth-order valence-corrected chi connectivity index (χ4v) is 2.14. The first-order chi connectivity index (χ1) is 9.79. The van der Waals surface area contributed by atoms with E-state index in [1.54, 1.807) is 18.2 Å². The number of alkyl halides is 3. The highest BCUT2D eigenvalue weighted by Gasteiger charge is 2.30. The van der Waals surface area contributed by atoms with Crippen LogP contribution in [0.3, 0.4) is 0 Å². The SMILES string of the molecule is O=C(Nc1cccc(Cl)c1Br)c1ccc(C(F)(F)F)cc1. The zero-order chi connectivity index (χ0) is 15.6. The Morgan fingerprint density at radius 2 is 1.71 bits per heavy atom. The molecular formula is C14H8BrClF3NO. The molecule has 1 N–H and O–H groups in total. The van der Waals surface area contributed by atoms with E-state index in [9.17, 15) is 18.0 Å². The molecular weight excluding hydrogens is 371 g/mol. The van der Waals surface area contributed by atoms with Crippen LogP contribution >= 0.6 is 27.5 Å². The smallest absolute Gasteiger partial charge is 0.321 e. The second-order valence-electron chi connectivity index (χ2n) is 4.13. The van der Waals surface area contributed by atoms with Crippen LogP contribution in [0.5, 0.6) is 0 Å². The summed E-state index contributed by atoms with van der Waals surface area (Å²) in [6.07, 6.45) is -4.43. The average molecular weight is 379 g/mol. The minimum absolute atomic E-state index is 0.120. The lowest BCUT2D eigenvalue weighted by molar-refractivity contribution is -0.137. The van der Waals surface area contributed by atoms with Gasteiger partial charge in [-0.1, -0.05) is 17.7 Å². The van der Waals surface area contributed by atoms with E-state index in [0.29, 0.717) is 15.2 Å². The van der Waals surface area contributed by atoms with Crippen molar-refractivity contribution in [2.75, 3.05) is 5.32 Å². The van der Waals surface area contributed by atoms with E-state index in [1.165, 1.54) is 0 Å². The second-order valence-corrected chi connectivity index (χ2v) is 5.33. The molecule has 1 amide bonds. The van der Waals surface area contributed by atoms with Crippen LogP contribution in [-0.4, -0.2) is 5.91 Å². The van der Waals surface area contributed by atoms with E-state index in [1.807, 2.05) is 0 Å². The Balaban J connectivity index is 2.19. The van der Waals surface area contributed by atoms with Crippen molar-refractivity contribution in [2.45, 2.75) is 6.18 Å². The molecule has 2 rings (SSSR count). The van der Waals surface area contributed by atoms with Gasteiger partial charge in [0, 0.05) is 5.56 Å². The molecule has 0 aliphatic heterocycles. The van der Waals surface area contributed by atoms with E-state index < -0.39 is 17.6 Å². The molecule has 2 nitrogen and oxygen atoms in total. The number of benzene rings is 2. The number of hydrogen-bond donors (Lipinski definition) is 1. The van der Waals surface area contributed by atoms with Gasteiger partial charge < -0.3 is 5.32 Å². The Labute approximate surface area is 132 Å². The van der Waals surface area contributed by atoms with Crippen molar-refractivity contribution in [1.29, 1.82) is 0 Å². The van der Waals surface area contributed by atoms with Crippen molar-refractivity contribution in [3.05, 3.63) is 63.1 Å². The van der Waals surface area contributed by atoms with Crippen LogP contribution < -0.4 is 5.32 Å². The number of rotatable bonds is 2. The number of halogens is 5. The highest BCUT2D eigenvalue weighted by atomic mass is 79.9. The Morgan fingerprint density at radius 3 is 2.29 bits per heavy atom. The maximum atomic E-state index is 12.4. The molecule has 0 radical (unpaired) electrons. The summed E-state index contributed by atoms with van der Waals surface area (Å²) in [5.41, 5.74) is -0.245. The Hall–Kier alpha value is -1.53. The highest BCUT2D eigenvalue weighted by Crippen LogP contribution is 2.31. The number of anilines is 1. The molecule has 0 aromatic heterocycles. The summed E-state index contributed by atoms with van der Waals surface area (Å²) in [5, 5.41) is 2.99. The zero-order valence-corrected chi connectivity index (χ0v) is 12.7. The number of amides is 1. The van der Waals surface area contributed by atoms with Crippen LogP contribution in [-0.2, 0) is 6.18 Å². The monoisotopic (exact) mass is 377 g/mol. The van der Waals surface area contributed by atoms with Crippen molar-refractivity contribution in [3.63, 3.8) is 0 Å². The Bertz CT molecular complexity index is 671. The van der Waals surface area contributed by atoms with Gasteiger partial charge in [0.2, 0.25) is 0 Å². The summed E-state index contributed by atoms with van der Waals surface area (Å²) in [6, 6.07) is 8.88. The molecule has 110 valence electrons. The fraction of sp³-hybridized carbons (Fsp3) is 0.0714. The molecule has 0 atom stereocenters. The van der Waals surface area contributed by atoms with Crippen LogP contribution in [0, 0.1) is 0 Å². The van der Waals surface area contributed by atoms with E-state index in [4.69, 9.17) is 11.6 Å². The van der Waals surface area contributed by atoms with Crippen molar-refractivity contribution >= 4 is 39.1 Å². The number of nitrogens with one attached hydrogen (secondary N) is 1. The number of carbonyl (C=O) groups is 1. The molecule has 0 bridgehead atoms. The fourth-order valence-electron chi connectivity index (χ4n) is 1.61. The quantitative estimate of drug-likeness (QED) is 0.747. The average Bonchev–Trinajstić information content (AvgIpc) is 2.43. The Morgan fingerprint density at radius 1 is 1.10 bits per heavy atom. The van der Waals surface area contributed by atoms with E-state index in [-0.39, 0.29) is 5.56 Å². The standard InChI is InChI=1S/C14H8BrClF3NO/c15-12-10(16)2-1-3-11(12)20-13(21)8-4-6-9(7-5-8)14(17,18)19/h1-7H,(H,20,21). The third-order valence-electron chi connectivity index (χ3n) is 2.67. The molecule has 0 spiro atoms. The van der Waals surface area contributed by atoms with Gasteiger partial charge in [0.25, 0.3) is 5.91 Å². The predicted octanol–water partition coefficient (Wildman–Crippen LogP) is 5.37. The molecule has 2 aromatic carbocycles. The molecule has 0 unspecified atom stereocenters. The third-order valence-corrected chi connectivity index (χ3v) is 4.07. The van der Waals surface area contributed by atoms with Crippen molar-refractivity contribution in [3.8, 4) is 0 Å². The molecule has 7 heteroatoms. The predicted molar refractivity (Wildman–Crippen MR) is 78.5 cm³/mol. The van der Waals surface area contributed by atoms with Crippen molar-refractivity contribution in [1.82, 2.24) is 0 Å². The molecule has 0 aliphatic rings. The van der Waals surface area contributed by atoms with Crippen molar-refractivity contribution < 1.29 is 18.0 Å². The first kappa shape index (κ1) is 15.9. The normalized spacial score (nSPS) is 11.3.